The molecule has 0 radical (unpaired) electrons. The van der Waals surface area contributed by atoms with Gasteiger partial charge >= 0.3 is 0 Å². The summed E-state index contributed by atoms with van der Waals surface area (Å²) < 4.78 is 0. The van der Waals surface area contributed by atoms with Crippen LogP contribution in [0, 0.1) is 0 Å². The number of aliphatic hydroxyl groups excluding tert-OH is 1. The van der Waals surface area contributed by atoms with Crippen LogP contribution in [0.1, 0.15) is 6.42 Å². The predicted molar refractivity (Wildman–Crippen MR) is 66.8 cm³/mol. The molecule has 1 aliphatic heterocycles. The van der Waals surface area contributed by atoms with E-state index in [4.69, 9.17) is 5.11 Å². The Labute approximate surface area is 97.3 Å². The van der Waals surface area contributed by atoms with E-state index in [0.717, 1.165) is 26.1 Å². The van der Waals surface area contributed by atoms with E-state index in [1.807, 2.05) is 6.07 Å². The number of nitrogens with zero attached hydrogens (tertiary/aromatic N) is 2. The molecule has 3 heteroatoms. The Kier molecular flexibility index (Phi) is 3.80. The molecular weight excluding hydrogens is 200 g/mol. The molecule has 1 fully saturated rings. The van der Waals surface area contributed by atoms with Crippen LogP contribution in [-0.2, 0) is 0 Å². The second-order valence-corrected chi connectivity index (χ2v) is 4.46. The van der Waals surface area contributed by atoms with Gasteiger partial charge in [0.25, 0.3) is 0 Å². The Morgan fingerprint density at radius 1 is 1.25 bits per heavy atom. The van der Waals surface area contributed by atoms with Crippen LogP contribution in [0.4, 0.5) is 5.69 Å². The Bertz CT molecular complexity index is 315. The van der Waals surface area contributed by atoms with Crippen molar-refractivity contribution in [3.05, 3.63) is 30.3 Å². The number of anilines is 1. The lowest BCUT2D eigenvalue weighted by Crippen LogP contribution is -2.52. The predicted octanol–water partition coefficient (Wildman–Crippen LogP) is 1.19. The van der Waals surface area contributed by atoms with E-state index in [2.05, 4.69) is 41.1 Å². The largest absolute Gasteiger partial charge is 0.396 e. The molecule has 0 saturated carbocycles. The fraction of sp³-hybridized carbons (Fsp3) is 0.538. The number of likely N-dealkylation sites (N-methyl/N-ethyl adjacent to an activating group) is 1. The average Bonchev–Trinajstić information content (AvgIpc) is 2.31. The highest BCUT2D eigenvalue weighted by Gasteiger charge is 2.24. The molecule has 1 atom stereocenters. The molecule has 0 spiro atoms. The minimum absolute atomic E-state index is 0.266. The molecule has 0 aromatic heterocycles. The molecule has 1 aromatic rings. The maximum Gasteiger partial charge on any atom is 0.0451 e. The summed E-state index contributed by atoms with van der Waals surface area (Å²) in [6.45, 7) is 3.44. The van der Waals surface area contributed by atoms with Gasteiger partial charge in [0.1, 0.15) is 0 Å². The number of piperazine rings is 1. The standard InChI is InChI=1S/C13H20N2O/c1-14-8-9-15(13(11-14)7-10-16)12-5-3-2-4-6-12/h2-6,13,16H,7-11H2,1H3. The summed E-state index contributed by atoms with van der Waals surface area (Å²) in [6.07, 6.45) is 0.846. The van der Waals surface area contributed by atoms with Gasteiger partial charge in [-0.25, -0.2) is 0 Å². The Balaban J connectivity index is 2.12. The van der Waals surface area contributed by atoms with Crippen LogP contribution in [0.2, 0.25) is 0 Å². The van der Waals surface area contributed by atoms with Gasteiger partial charge in [0.05, 0.1) is 0 Å². The molecule has 88 valence electrons. The molecule has 0 aliphatic carbocycles. The first-order chi connectivity index (χ1) is 7.81. The van der Waals surface area contributed by atoms with Crippen LogP contribution in [-0.4, -0.2) is 49.3 Å². The van der Waals surface area contributed by atoms with Crippen LogP contribution >= 0.6 is 0 Å². The zero-order valence-electron chi connectivity index (χ0n) is 9.84. The van der Waals surface area contributed by atoms with Crippen molar-refractivity contribution in [2.24, 2.45) is 0 Å². The van der Waals surface area contributed by atoms with Crippen molar-refractivity contribution in [3.63, 3.8) is 0 Å². The Hall–Kier alpha value is -1.06. The minimum Gasteiger partial charge on any atom is -0.396 e. The molecule has 1 heterocycles. The van der Waals surface area contributed by atoms with Crippen molar-refractivity contribution in [2.75, 3.05) is 38.2 Å². The van der Waals surface area contributed by atoms with E-state index < -0.39 is 0 Å². The third kappa shape index (κ3) is 2.54. The Morgan fingerprint density at radius 2 is 2.00 bits per heavy atom. The molecule has 16 heavy (non-hydrogen) atoms. The number of benzene rings is 1. The summed E-state index contributed by atoms with van der Waals surface area (Å²) in [5.74, 6) is 0. The zero-order chi connectivity index (χ0) is 11.4. The molecule has 1 aromatic carbocycles. The molecule has 0 bridgehead atoms. The first-order valence-electron chi connectivity index (χ1n) is 5.92. The van der Waals surface area contributed by atoms with Gasteiger partial charge in [-0.05, 0) is 25.6 Å². The van der Waals surface area contributed by atoms with Crippen LogP contribution in [0.3, 0.4) is 0 Å². The molecule has 1 N–H and O–H groups in total. The number of hydrogen-bond donors (Lipinski definition) is 1. The van der Waals surface area contributed by atoms with Crippen LogP contribution in [0.25, 0.3) is 0 Å². The third-order valence-corrected chi connectivity index (χ3v) is 3.24. The zero-order valence-corrected chi connectivity index (χ0v) is 9.84. The van der Waals surface area contributed by atoms with Gasteiger partial charge in [0, 0.05) is 38.0 Å². The maximum atomic E-state index is 9.12. The second-order valence-electron chi connectivity index (χ2n) is 4.46. The van der Waals surface area contributed by atoms with Crippen molar-refractivity contribution in [2.45, 2.75) is 12.5 Å². The number of hydrogen-bond acceptors (Lipinski definition) is 3. The lowest BCUT2D eigenvalue weighted by molar-refractivity contribution is 0.219. The quantitative estimate of drug-likeness (QED) is 0.829. The number of para-hydroxylation sites is 1. The van der Waals surface area contributed by atoms with Gasteiger partial charge in [-0.1, -0.05) is 18.2 Å². The van der Waals surface area contributed by atoms with Crippen molar-refractivity contribution in [1.82, 2.24) is 4.90 Å². The van der Waals surface area contributed by atoms with Gasteiger partial charge in [-0.3, -0.25) is 0 Å². The highest BCUT2D eigenvalue weighted by Crippen LogP contribution is 2.21. The lowest BCUT2D eigenvalue weighted by atomic mass is 10.1. The SMILES string of the molecule is CN1CCN(c2ccccc2)C(CCO)C1. The van der Waals surface area contributed by atoms with E-state index in [0.29, 0.717) is 6.04 Å². The van der Waals surface area contributed by atoms with Crippen molar-refractivity contribution in [3.8, 4) is 0 Å². The summed E-state index contributed by atoms with van der Waals surface area (Å²) >= 11 is 0. The normalized spacial score (nSPS) is 22.4. The first-order valence-corrected chi connectivity index (χ1v) is 5.92. The topological polar surface area (TPSA) is 26.7 Å². The van der Waals surface area contributed by atoms with Crippen LogP contribution in [0.15, 0.2) is 30.3 Å². The summed E-state index contributed by atoms with van der Waals surface area (Å²) in [5, 5.41) is 9.12. The number of rotatable bonds is 3. The summed E-state index contributed by atoms with van der Waals surface area (Å²) in [4.78, 5) is 4.75. The van der Waals surface area contributed by atoms with Gasteiger partial charge in [0.2, 0.25) is 0 Å². The van der Waals surface area contributed by atoms with Gasteiger partial charge < -0.3 is 14.9 Å². The van der Waals surface area contributed by atoms with Gasteiger partial charge in [0.15, 0.2) is 0 Å². The molecule has 2 rings (SSSR count). The molecule has 3 nitrogen and oxygen atoms in total. The third-order valence-electron chi connectivity index (χ3n) is 3.24. The smallest absolute Gasteiger partial charge is 0.0451 e. The molecule has 0 amide bonds. The van der Waals surface area contributed by atoms with E-state index in [1.54, 1.807) is 0 Å². The van der Waals surface area contributed by atoms with Crippen molar-refractivity contribution >= 4 is 5.69 Å². The lowest BCUT2D eigenvalue weighted by Gasteiger charge is -2.41. The first kappa shape index (κ1) is 11.4. The van der Waals surface area contributed by atoms with E-state index in [9.17, 15) is 0 Å². The molecule has 1 aliphatic rings. The summed E-state index contributed by atoms with van der Waals surface area (Å²) in [5.41, 5.74) is 1.27. The fourth-order valence-electron chi connectivity index (χ4n) is 2.37. The summed E-state index contributed by atoms with van der Waals surface area (Å²) in [6, 6.07) is 10.9. The molecular formula is C13H20N2O. The number of aliphatic hydroxyl groups is 1. The van der Waals surface area contributed by atoms with E-state index in [-0.39, 0.29) is 6.61 Å². The fourth-order valence-corrected chi connectivity index (χ4v) is 2.37. The minimum atomic E-state index is 0.266. The monoisotopic (exact) mass is 220 g/mol. The highest BCUT2D eigenvalue weighted by atomic mass is 16.3. The highest BCUT2D eigenvalue weighted by molar-refractivity contribution is 5.47. The Morgan fingerprint density at radius 3 is 2.69 bits per heavy atom. The second kappa shape index (κ2) is 5.32. The van der Waals surface area contributed by atoms with Gasteiger partial charge in [-0.2, -0.15) is 0 Å². The van der Waals surface area contributed by atoms with Gasteiger partial charge in [-0.15, -0.1) is 0 Å². The van der Waals surface area contributed by atoms with E-state index >= 15 is 0 Å². The summed E-state index contributed by atoms with van der Waals surface area (Å²) in [7, 11) is 2.15. The van der Waals surface area contributed by atoms with Crippen LogP contribution in [0.5, 0.6) is 0 Å². The molecule has 1 unspecified atom stereocenters. The maximum absolute atomic E-state index is 9.12. The van der Waals surface area contributed by atoms with Crippen molar-refractivity contribution < 1.29 is 5.11 Å². The average molecular weight is 220 g/mol. The van der Waals surface area contributed by atoms with Crippen molar-refractivity contribution in [1.29, 1.82) is 0 Å². The van der Waals surface area contributed by atoms with E-state index in [1.165, 1.54) is 5.69 Å². The van der Waals surface area contributed by atoms with Crippen LogP contribution < -0.4 is 4.90 Å². The molecule has 1 saturated heterocycles.